The Bertz CT molecular complexity index is 310. The van der Waals surface area contributed by atoms with Gasteiger partial charge >= 0.3 is 0 Å². The van der Waals surface area contributed by atoms with Crippen molar-refractivity contribution in [3.05, 3.63) is 0 Å². The Labute approximate surface area is 125 Å². The molecular weight excluding hydrogens is 248 g/mol. The molecule has 1 aliphatic heterocycles. The lowest BCUT2D eigenvalue weighted by atomic mass is 9.78. The number of rotatable bonds is 5. The molecule has 0 aromatic rings. The van der Waals surface area contributed by atoms with Gasteiger partial charge < -0.3 is 10.5 Å². The first-order chi connectivity index (χ1) is 9.38. The lowest BCUT2D eigenvalue weighted by molar-refractivity contribution is -0.128. The van der Waals surface area contributed by atoms with Crippen molar-refractivity contribution < 1.29 is 4.74 Å². The summed E-state index contributed by atoms with van der Waals surface area (Å²) in [5.74, 6) is 0.699. The van der Waals surface area contributed by atoms with E-state index in [2.05, 4.69) is 32.6 Å². The van der Waals surface area contributed by atoms with E-state index >= 15 is 0 Å². The van der Waals surface area contributed by atoms with E-state index in [1.807, 2.05) is 0 Å². The van der Waals surface area contributed by atoms with Crippen LogP contribution < -0.4 is 5.73 Å². The summed E-state index contributed by atoms with van der Waals surface area (Å²) in [6.07, 6.45) is 7.65. The van der Waals surface area contributed by atoms with Crippen LogP contribution in [0.3, 0.4) is 0 Å². The first-order valence-electron chi connectivity index (χ1n) is 8.49. The minimum atomic E-state index is -0.0363. The fraction of sp³-hybridized carbons (Fsp3) is 1.00. The van der Waals surface area contributed by atoms with Crippen molar-refractivity contribution in [3.63, 3.8) is 0 Å². The van der Waals surface area contributed by atoms with Gasteiger partial charge in [0.05, 0.1) is 5.60 Å². The standard InChI is InChI=1S/C17H34N2O/c1-14(2)11-19(15-7-5-6-8-15)17(13-18)9-10-20-16(3,4)12-17/h14-15H,5-13,18H2,1-4H3. The van der Waals surface area contributed by atoms with Gasteiger partial charge in [0.1, 0.15) is 0 Å². The molecule has 2 fully saturated rings. The van der Waals surface area contributed by atoms with Crippen molar-refractivity contribution in [3.8, 4) is 0 Å². The molecule has 0 amide bonds. The van der Waals surface area contributed by atoms with Gasteiger partial charge in [-0.3, -0.25) is 4.90 Å². The summed E-state index contributed by atoms with van der Waals surface area (Å²) >= 11 is 0. The van der Waals surface area contributed by atoms with Crippen molar-refractivity contribution in [1.29, 1.82) is 0 Å². The molecule has 2 rings (SSSR count). The molecule has 2 aliphatic rings. The molecule has 20 heavy (non-hydrogen) atoms. The Hall–Kier alpha value is -0.120. The molecule has 1 saturated heterocycles. The van der Waals surface area contributed by atoms with Crippen molar-refractivity contribution >= 4 is 0 Å². The minimum Gasteiger partial charge on any atom is -0.375 e. The Morgan fingerprint density at radius 2 is 1.90 bits per heavy atom. The van der Waals surface area contributed by atoms with Crippen molar-refractivity contribution in [2.24, 2.45) is 11.7 Å². The van der Waals surface area contributed by atoms with Gasteiger partial charge in [0, 0.05) is 31.3 Å². The van der Waals surface area contributed by atoms with Crippen molar-refractivity contribution in [1.82, 2.24) is 4.90 Å². The molecule has 118 valence electrons. The highest BCUT2D eigenvalue weighted by Crippen LogP contribution is 2.40. The highest BCUT2D eigenvalue weighted by Gasteiger charge is 2.46. The van der Waals surface area contributed by atoms with Gasteiger partial charge in [-0.2, -0.15) is 0 Å². The maximum atomic E-state index is 6.31. The SMILES string of the molecule is CC(C)CN(C1CCCC1)C1(CN)CCOC(C)(C)C1. The highest BCUT2D eigenvalue weighted by atomic mass is 16.5. The zero-order valence-corrected chi connectivity index (χ0v) is 14.0. The maximum absolute atomic E-state index is 6.31. The van der Waals surface area contributed by atoms with Crippen LogP contribution in [0.5, 0.6) is 0 Å². The van der Waals surface area contributed by atoms with Gasteiger partial charge in [-0.15, -0.1) is 0 Å². The number of nitrogens with zero attached hydrogens (tertiary/aromatic N) is 1. The Morgan fingerprint density at radius 3 is 2.40 bits per heavy atom. The Kier molecular flexibility index (Phi) is 5.14. The average Bonchev–Trinajstić information content (AvgIpc) is 2.87. The molecule has 1 unspecified atom stereocenters. The van der Waals surface area contributed by atoms with Crippen LogP contribution in [0.15, 0.2) is 0 Å². The van der Waals surface area contributed by atoms with E-state index < -0.39 is 0 Å². The molecule has 2 N–H and O–H groups in total. The molecule has 0 radical (unpaired) electrons. The predicted octanol–water partition coefficient (Wildman–Crippen LogP) is 3.17. The molecule has 0 aromatic carbocycles. The first-order valence-corrected chi connectivity index (χ1v) is 8.49. The zero-order valence-electron chi connectivity index (χ0n) is 14.0. The summed E-state index contributed by atoms with van der Waals surface area (Å²) < 4.78 is 5.96. The Balaban J connectivity index is 2.22. The molecule has 1 heterocycles. The van der Waals surface area contributed by atoms with Crippen LogP contribution in [-0.2, 0) is 4.74 Å². The van der Waals surface area contributed by atoms with E-state index in [9.17, 15) is 0 Å². The molecule has 1 aliphatic carbocycles. The quantitative estimate of drug-likeness (QED) is 0.841. The third-order valence-electron chi connectivity index (χ3n) is 5.13. The predicted molar refractivity (Wildman–Crippen MR) is 84.9 cm³/mol. The normalized spacial score (nSPS) is 31.4. The first kappa shape index (κ1) is 16.3. The lowest BCUT2D eigenvalue weighted by Crippen LogP contribution is -2.63. The molecule has 0 spiro atoms. The minimum absolute atomic E-state index is 0.0363. The number of hydrogen-bond donors (Lipinski definition) is 1. The van der Waals surface area contributed by atoms with Gasteiger partial charge in [0.15, 0.2) is 0 Å². The fourth-order valence-corrected chi connectivity index (χ4v) is 4.33. The number of hydrogen-bond acceptors (Lipinski definition) is 3. The lowest BCUT2D eigenvalue weighted by Gasteiger charge is -2.53. The van der Waals surface area contributed by atoms with Crippen LogP contribution in [0.4, 0.5) is 0 Å². The zero-order chi connectivity index (χ0) is 14.8. The second-order valence-electron chi connectivity index (χ2n) is 7.95. The third-order valence-corrected chi connectivity index (χ3v) is 5.13. The summed E-state index contributed by atoms with van der Waals surface area (Å²) in [7, 11) is 0. The van der Waals surface area contributed by atoms with Crippen LogP contribution in [0, 0.1) is 5.92 Å². The van der Waals surface area contributed by atoms with E-state index in [0.717, 1.165) is 32.0 Å². The van der Waals surface area contributed by atoms with Crippen LogP contribution in [0.2, 0.25) is 0 Å². The van der Waals surface area contributed by atoms with E-state index in [1.54, 1.807) is 0 Å². The molecule has 0 bridgehead atoms. The molecule has 3 nitrogen and oxygen atoms in total. The van der Waals surface area contributed by atoms with Gasteiger partial charge in [0.25, 0.3) is 0 Å². The molecule has 0 aromatic heterocycles. The van der Waals surface area contributed by atoms with E-state index in [0.29, 0.717) is 5.92 Å². The maximum Gasteiger partial charge on any atom is 0.0644 e. The molecule has 1 atom stereocenters. The number of nitrogens with two attached hydrogens (primary N) is 1. The van der Waals surface area contributed by atoms with Crippen molar-refractivity contribution in [2.45, 2.75) is 83.4 Å². The Morgan fingerprint density at radius 1 is 1.25 bits per heavy atom. The van der Waals surface area contributed by atoms with Gasteiger partial charge in [0.2, 0.25) is 0 Å². The summed E-state index contributed by atoms with van der Waals surface area (Å²) in [6.45, 7) is 11.9. The van der Waals surface area contributed by atoms with Gasteiger partial charge in [-0.25, -0.2) is 0 Å². The van der Waals surface area contributed by atoms with Crippen LogP contribution >= 0.6 is 0 Å². The third kappa shape index (κ3) is 3.55. The topological polar surface area (TPSA) is 38.5 Å². The van der Waals surface area contributed by atoms with E-state index in [4.69, 9.17) is 10.5 Å². The average molecular weight is 282 g/mol. The second kappa shape index (κ2) is 6.33. The molecule has 3 heteroatoms. The fourth-order valence-electron chi connectivity index (χ4n) is 4.33. The van der Waals surface area contributed by atoms with Gasteiger partial charge in [-0.05, 0) is 45.4 Å². The highest BCUT2D eigenvalue weighted by molar-refractivity contribution is 5.02. The monoisotopic (exact) mass is 282 g/mol. The van der Waals surface area contributed by atoms with Crippen molar-refractivity contribution in [2.75, 3.05) is 19.7 Å². The molecule has 1 saturated carbocycles. The molecular formula is C17H34N2O. The van der Waals surface area contributed by atoms with Crippen LogP contribution in [0.25, 0.3) is 0 Å². The largest absolute Gasteiger partial charge is 0.375 e. The van der Waals surface area contributed by atoms with Crippen LogP contribution in [0.1, 0.15) is 66.2 Å². The summed E-state index contributed by atoms with van der Waals surface area (Å²) in [4.78, 5) is 2.79. The van der Waals surface area contributed by atoms with Crippen LogP contribution in [-0.4, -0.2) is 41.8 Å². The summed E-state index contributed by atoms with van der Waals surface area (Å²) in [6, 6.07) is 0.745. The van der Waals surface area contributed by atoms with Gasteiger partial charge in [-0.1, -0.05) is 26.7 Å². The second-order valence-corrected chi connectivity index (χ2v) is 7.95. The van der Waals surface area contributed by atoms with E-state index in [1.165, 1.54) is 32.2 Å². The number of ether oxygens (including phenoxy) is 1. The summed E-state index contributed by atoms with van der Waals surface area (Å²) in [5.41, 5.74) is 6.42. The smallest absolute Gasteiger partial charge is 0.0644 e. The van der Waals surface area contributed by atoms with E-state index in [-0.39, 0.29) is 11.1 Å². The summed E-state index contributed by atoms with van der Waals surface area (Å²) in [5, 5.41) is 0.